The Labute approximate surface area is 115 Å². The zero-order valence-corrected chi connectivity index (χ0v) is 11.8. The van der Waals surface area contributed by atoms with Crippen LogP contribution in [0.3, 0.4) is 0 Å². The fraction of sp³-hybridized carbons (Fsp3) is 0.500. The summed E-state index contributed by atoms with van der Waals surface area (Å²) in [7, 11) is -5.33. The summed E-state index contributed by atoms with van der Waals surface area (Å²) in [5.74, 6) is 0. The van der Waals surface area contributed by atoms with E-state index in [-0.39, 0.29) is 17.4 Å². The molecule has 108 valence electrons. The van der Waals surface area contributed by atoms with Crippen LogP contribution in [0.1, 0.15) is 25.3 Å². The van der Waals surface area contributed by atoms with Crippen LogP contribution in [0, 0.1) is 0 Å². The van der Waals surface area contributed by atoms with E-state index in [0.717, 1.165) is 12.5 Å². The summed E-state index contributed by atoms with van der Waals surface area (Å²) in [6.07, 6.45) is 1.49. The monoisotopic (exact) mass is 314 g/mol. The van der Waals surface area contributed by atoms with Crippen LogP contribution in [-0.2, 0) is 16.3 Å². The normalized spacial score (nSPS) is 14.4. The predicted molar refractivity (Wildman–Crippen MR) is 67.9 cm³/mol. The molecule has 0 saturated carbocycles. The van der Waals surface area contributed by atoms with Crippen molar-refractivity contribution in [2.24, 2.45) is 0 Å². The first-order valence-corrected chi connectivity index (χ1v) is 7.65. The highest BCUT2D eigenvalue weighted by Gasteiger charge is 2.47. The van der Waals surface area contributed by atoms with Gasteiger partial charge in [0.2, 0.25) is 0 Å². The van der Waals surface area contributed by atoms with Gasteiger partial charge in [-0.25, -0.2) is 8.42 Å². The molecule has 0 spiro atoms. The molecule has 2 nitrogen and oxygen atoms in total. The minimum atomic E-state index is -5.33. The molecule has 0 saturated heterocycles. The molecule has 0 bridgehead atoms. The molecule has 0 fully saturated rings. The van der Waals surface area contributed by atoms with Crippen molar-refractivity contribution in [3.63, 3.8) is 0 Å². The molecule has 0 aliphatic rings. The standard InChI is InChI=1S/C12H14ClF3O2S/c1-2-5-10(13)8-9-6-3-4-7-11(9)19(17,18)12(14,15)16/h3-4,6-7,10H,2,5,8H2,1H3. The number of halogens is 4. The smallest absolute Gasteiger partial charge is 0.214 e. The van der Waals surface area contributed by atoms with Gasteiger partial charge in [0, 0.05) is 5.38 Å². The fourth-order valence-electron chi connectivity index (χ4n) is 1.71. The highest BCUT2D eigenvalue weighted by Crippen LogP contribution is 2.33. The van der Waals surface area contributed by atoms with Crippen LogP contribution in [0.25, 0.3) is 0 Å². The summed E-state index contributed by atoms with van der Waals surface area (Å²) < 4.78 is 60.6. The molecule has 0 radical (unpaired) electrons. The molecule has 0 amide bonds. The summed E-state index contributed by atoms with van der Waals surface area (Å²) in [5.41, 5.74) is -5.19. The number of hydrogen-bond acceptors (Lipinski definition) is 2. The predicted octanol–water partition coefficient (Wildman–Crippen LogP) is 3.93. The molecule has 0 heterocycles. The molecule has 0 aliphatic heterocycles. The van der Waals surface area contributed by atoms with E-state index < -0.39 is 20.2 Å². The third-order valence-corrected chi connectivity index (χ3v) is 4.57. The molecule has 1 rings (SSSR count). The van der Waals surface area contributed by atoms with E-state index in [1.165, 1.54) is 18.2 Å². The van der Waals surface area contributed by atoms with Gasteiger partial charge in [-0.05, 0) is 24.5 Å². The highest BCUT2D eigenvalue weighted by molar-refractivity contribution is 7.92. The molecular formula is C12H14ClF3O2S. The van der Waals surface area contributed by atoms with Crippen molar-refractivity contribution >= 4 is 21.4 Å². The highest BCUT2D eigenvalue weighted by atomic mass is 35.5. The largest absolute Gasteiger partial charge is 0.501 e. The Morgan fingerprint density at radius 2 is 1.84 bits per heavy atom. The average molecular weight is 315 g/mol. The molecule has 19 heavy (non-hydrogen) atoms. The van der Waals surface area contributed by atoms with Crippen LogP contribution in [-0.4, -0.2) is 19.3 Å². The summed E-state index contributed by atoms with van der Waals surface area (Å²) >= 11 is 5.98. The second-order valence-electron chi connectivity index (χ2n) is 4.15. The maximum absolute atomic E-state index is 12.6. The Kier molecular flexibility index (Phi) is 5.26. The van der Waals surface area contributed by atoms with E-state index in [4.69, 9.17) is 11.6 Å². The van der Waals surface area contributed by atoms with Gasteiger partial charge < -0.3 is 0 Å². The van der Waals surface area contributed by atoms with E-state index in [0.29, 0.717) is 6.42 Å². The number of hydrogen-bond donors (Lipinski definition) is 0. The lowest BCUT2D eigenvalue weighted by atomic mass is 10.1. The topological polar surface area (TPSA) is 34.1 Å². The van der Waals surface area contributed by atoms with Gasteiger partial charge in [-0.1, -0.05) is 31.5 Å². The van der Waals surface area contributed by atoms with Crippen molar-refractivity contribution in [2.75, 3.05) is 0 Å². The fourth-order valence-corrected chi connectivity index (χ4v) is 3.10. The third-order valence-electron chi connectivity index (χ3n) is 2.61. The average Bonchev–Trinajstić information content (AvgIpc) is 2.28. The van der Waals surface area contributed by atoms with Crippen LogP contribution in [0.5, 0.6) is 0 Å². The van der Waals surface area contributed by atoms with E-state index in [9.17, 15) is 21.6 Å². The molecule has 1 aromatic rings. The van der Waals surface area contributed by atoms with Crippen molar-refractivity contribution in [1.29, 1.82) is 0 Å². The minimum absolute atomic E-state index is 0.0981. The van der Waals surface area contributed by atoms with Gasteiger partial charge in [-0.3, -0.25) is 0 Å². The lowest BCUT2D eigenvalue weighted by Gasteiger charge is -2.14. The number of sulfone groups is 1. The van der Waals surface area contributed by atoms with Crippen molar-refractivity contribution in [1.82, 2.24) is 0 Å². The SMILES string of the molecule is CCCC(Cl)Cc1ccccc1S(=O)(=O)C(F)(F)F. The van der Waals surface area contributed by atoms with Crippen molar-refractivity contribution < 1.29 is 21.6 Å². The Bertz CT molecular complexity index is 526. The van der Waals surface area contributed by atoms with E-state index in [2.05, 4.69) is 0 Å². The van der Waals surface area contributed by atoms with Crippen molar-refractivity contribution in [3.05, 3.63) is 29.8 Å². The molecule has 1 atom stereocenters. The Balaban J connectivity index is 3.17. The van der Waals surface area contributed by atoms with Crippen LogP contribution in [0.4, 0.5) is 13.2 Å². The Hall–Kier alpha value is -0.750. The van der Waals surface area contributed by atoms with E-state index in [1.54, 1.807) is 0 Å². The van der Waals surface area contributed by atoms with Gasteiger partial charge in [0.25, 0.3) is 9.84 Å². The Morgan fingerprint density at radius 1 is 1.26 bits per heavy atom. The lowest BCUT2D eigenvalue weighted by molar-refractivity contribution is -0.0436. The third kappa shape index (κ3) is 3.86. The quantitative estimate of drug-likeness (QED) is 0.772. The van der Waals surface area contributed by atoms with Crippen molar-refractivity contribution in [3.8, 4) is 0 Å². The number of alkyl halides is 4. The molecule has 1 aromatic carbocycles. The second-order valence-corrected chi connectivity index (χ2v) is 6.67. The van der Waals surface area contributed by atoms with Crippen LogP contribution < -0.4 is 0 Å². The first kappa shape index (κ1) is 16.3. The molecular weight excluding hydrogens is 301 g/mol. The van der Waals surface area contributed by atoms with Gasteiger partial charge in [0.1, 0.15) is 0 Å². The zero-order valence-electron chi connectivity index (χ0n) is 10.2. The molecule has 0 N–H and O–H groups in total. The maximum atomic E-state index is 12.6. The zero-order chi connectivity index (χ0) is 14.7. The van der Waals surface area contributed by atoms with E-state index >= 15 is 0 Å². The van der Waals surface area contributed by atoms with Crippen LogP contribution >= 0.6 is 11.6 Å². The second kappa shape index (κ2) is 6.13. The van der Waals surface area contributed by atoms with Crippen LogP contribution in [0.2, 0.25) is 0 Å². The number of rotatable bonds is 5. The minimum Gasteiger partial charge on any atom is -0.214 e. The summed E-state index contributed by atoms with van der Waals surface area (Å²) in [6.45, 7) is 1.90. The molecule has 0 aliphatic carbocycles. The Morgan fingerprint density at radius 3 is 2.37 bits per heavy atom. The van der Waals surface area contributed by atoms with Gasteiger partial charge in [-0.15, -0.1) is 11.6 Å². The summed E-state index contributed by atoms with van der Waals surface area (Å²) in [5, 5.41) is -0.380. The maximum Gasteiger partial charge on any atom is 0.501 e. The molecule has 0 aromatic heterocycles. The van der Waals surface area contributed by atoms with Gasteiger partial charge >= 0.3 is 5.51 Å². The van der Waals surface area contributed by atoms with Crippen molar-refractivity contribution in [2.45, 2.75) is 42.0 Å². The first-order valence-electron chi connectivity index (χ1n) is 5.73. The lowest BCUT2D eigenvalue weighted by Crippen LogP contribution is -2.24. The van der Waals surface area contributed by atoms with Gasteiger partial charge in [-0.2, -0.15) is 13.2 Å². The van der Waals surface area contributed by atoms with Crippen LogP contribution in [0.15, 0.2) is 29.2 Å². The first-order chi connectivity index (χ1) is 8.70. The summed E-state index contributed by atoms with van der Waals surface area (Å²) in [4.78, 5) is -0.704. The summed E-state index contributed by atoms with van der Waals surface area (Å²) in [6, 6.07) is 5.10. The number of benzene rings is 1. The van der Waals surface area contributed by atoms with Gasteiger partial charge in [0.15, 0.2) is 0 Å². The molecule has 1 unspecified atom stereocenters. The van der Waals surface area contributed by atoms with E-state index in [1.807, 2.05) is 6.92 Å². The molecule has 7 heteroatoms. The van der Waals surface area contributed by atoms with Gasteiger partial charge in [0.05, 0.1) is 4.90 Å².